The first kappa shape index (κ1) is 8.21. The van der Waals surface area contributed by atoms with E-state index in [0.717, 1.165) is 12.0 Å². The quantitative estimate of drug-likeness (QED) is 0.687. The summed E-state index contributed by atoms with van der Waals surface area (Å²) in [4.78, 5) is 0. The summed E-state index contributed by atoms with van der Waals surface area (Å²) in [6.07, 6.45) is 0.734. The fraction of sp³-hybridized carbons (Fsp3) is 0.333. The van der Waals surface area contributed by atoms with E-state index in [1.807, 2.05) is 13.0 Å². The molecule has 0 spiro atoms. The van der Waals surface area contributed by atoms with E-state index in [2.05, 4.69) is 0 Å². The Morgan fingerprint density at radius 1 is 1.55 bits per heavy atom. The molecule has 0 heterocycles. The smallest absolute Gasteiger partial charge is 0.123 e. The standard InChI is InChI=1S/C9H12FN/c1-7(11)5-8-3-2-4-9(10)6-8/h2-4,6-7H,5,11H2,1H3/t7-/m0/s1. The summed E-state index contributed by atoms with van der Waals surface area (Å²) in [6, 6.07) is 6.63. The maximum Gasteiger partial charge on any atom is 0.123 e. The molecule has 0 amide bonds. The molecule has 0 aliphatic carbocycles. The Labute approximate surface area is 66.0 Å². The Kier molecular flexibility index (Phi) is 2.60. The molecule has 1 nitrogen and oxygen atoms in total. The van der Waals surface area contributed by atoms with E-state index in [4.69, 9.17) is 5.73 Å². The van der Waals surface area contributed by atoms with Gasteiger partial charge in [0.15, 0.2) is 0 Å². The van der Waals surface area contributed by atoms with Gasteiger partial charge >= 0.3 is 0 Å². The van der Waals surface area contributed by atoms with Crippen molar-refractivity contribution in [1.82, 2.24) is 0 Å². The maximum atomic E-state index is 12.6. The maximum absolute atomic E-state index is 12.6. The van der Waals surface area contributed by atoms with Crippen molar-refractivity contribution in [1.29, 1.82) is 0 Å². The molecular weight excluding hydrogens is 141 g/mol. The fourth-order valence-corrected chi connectivity index (χ4v) is 1.04. The van der Waals surface area contributed by atoms with E-state index in [0.29, 0.717) is 0 Å². The monoisotopic (exact) mass is 153 g/mol. The average molecular weight is 153 g/mol. The number of halogens is 1. The molecule has 0 bridgehead atoms. The van der Waals surface area contributed by atoms with Gasteiger partial charge in [-0.1, -0.05) is 12.1 Å². The lowest BCUT2D eigenvalue weighted by Gasteiger charge is -2.03. The Hall–Kier alpha value is -0.890. The third kappa shape index (κ3) is 2.68. The third-order valence-corrected chi connectivity index (χ3v) is 1.45. The van der Waals surface area contributed by atoms with Gasteiger partial charge in [0.25, 0.3) is 0 Å². The van der Waals surface area contributed by atoms with Crippen LogP contribution >= 0.6 is 0 Å². The first-order chi connectivity index (χ1) is 5.18. The lowest BCUT2D eigenvalue weighted by molar-refractivity contribution is 0.623. The molecule has 0 unspecified atom stereocenters. The molecule has 1 atom stereocenters. The predicted molar refractivity (Wildman–Crippen MR) is 43.8 cm³/mol. The van der Waals surface area contributed by atoms with Crippen molar-refractivity contribution in [2.45, 2.75) is 19.4 Å². The molecule has 2 N–H and O–H groups in total. The minimum absolute atomic E-state index is 0.0943. The van der Waals surface area contributed by atoms with Gasteiger partial charge in [-0.2, -0.15) is 0 Å². The van der Waals surface area contributed by atoms with Crippen LogP contribution in [0.15, 0.2) is 24.3 Å². The van der Waals surface area contributed by atoms with Crippen LogP contribution in [0.4, 0.5) is 4.39 Å². The number of rotatable bonds is 2. The second-order valence-electron chi connectivity index (χ2n) is 2.81. The van der Waals surface area contributed by atoms with Gasteiger partial charge in [0.1, 0.15) is 5.82 Å². The summed E-state index contributed by atoms with van der Waals surface area (Å²) in [5, 5.41) is 0. The molecule has 1 rings (SSSR count). The van der Waals surface area contributed by atoms with Gasteiger partial charge in [-0.15, -0.1) is 0 Å². The fourth-order valence-electron chi connectivity index (χ4n) is 1.04. The number of hydrogen-bond donors (Lipinski definition) is 1. The molecule has 1 aromatic rings. The van der Waals surface area contributed by atoms with Gasteiger partial charge < -0.3 is 5.73 Å². The summed E-state index contributed by atoms with van der Waals surface area (Å²) < 4.78 is 12.6. The van der Waals surface area contributed by atoms with Crippen LogP contribution in [0.2, 0.25) is 0 Å². The van der Waals surface area contributed by atoms with Crippen LogP contribution in [0.25, 0.3) is 0 Å². The van der Waals surface area contributed by atoms with Crippen LogP contribution in [-0.2, 0) is 6.42 Å². The average Bonchev–Trinajstić information content (AvgIpc) is 1.85. The normalized spacial score (nSPS) is 13.0. The van der Waals surface area contributed by atoms with Crippen LogP contribution in [0.3, 0.4) is 0 Å². The zero-order valence-electron chi connectivity index (χ0n) is 6.55. The Bertz CT molecular complexity index is 233. The highest BCUT2D eigenvalue weighted by atomic mass is 19.1. The summed E-state index contributed by atoms with van der Waals surface area (Å²) in [5.41, 5.74) is 6.51. The zero-order valence-corrected chi connectivity index (χ0v) is 6.55. The molecule has 0 aliphatic rings. The second kappa shape index (κ2) is 3.49. The number of nitrogens with two attached hydrogens (primary N) is 1. The Morgan fingerprint density at radius 3 is 2.82 bits per heavy atom. The van der Waals surface area contributed by atoms with Crippen molar-refractivity contribution in [3.05, 3.63) is 35.6 Å². The first-order valence-electron chi connectivity index (χ1n) is 3.68. The van der Waals surface area contributed by atoms with E-state index in [1.54, 1.807) is 6.07 Å². The molecule has 0 saturated heterocycles. The van der Waals surface area contributed by atoms with Crippen molar-refractivity contribution in [2.75, 3.05) is 0 Å². The summed E-state index contributed by atoms with van der Waals surface area (Å²) >= 11 is 0. The van der Waals surface area contributed by atoms with Crippen molar-refractivity contribution in [3.8, 4) is 0 Å². The van der Waals surface area contributed by atoms with Gasteiger partial charge in [0, 0.05) is 6.04 Å². The van der Waals surface area contributed by atoms with Crippen molar-refractivity contribution in [3.63, 3.8) is 0 Å². The van der Waals surface area contributed by atoms with Gasteiger partial charge in [-0.3, -0.25) is 0 Å². The molecule has 1 aromatic carbocycles. The lowest BCUT2D eigenvalue weighted by Crippen LogP contribution is -2.17. The third-order valence-electron chi connectivity index (χ3n) is 1.45. The minimum atomic E-state index is -0.192. The number of benzene rings is 1. The van der Waals surface area contributed by atoms with E-state index >= 15 is 0 Å². The lowest BCUT2D eigenvalue weighted by atomic mass is 10.1. The van der Waals surface area contributed by atoms with Crippen molar-refractivity contribution in [2.24, 2.45) is 5.73 Å². The van der Waals surface area contributed by atoms with Crippen LogP contribution in [0.1, 0.15) is 12.5 Å². The molecule has 0 aliphatic heterocycles. The van der Waals surface area contributed by atoms with Crippen LogP contribution < -0.4 is 5.73 Å². The van der Waals surface area contributed by atoms with Crippen molar-refractivity contribution >= 4 is 0 Å². The van der Waals surface area contributed by atoms with Crippen molar-refractivity contribution < 1.29 is 4.39 Å². The molecule has 2 heteroatoms. The van der Waals surface area contributed by atoms with E-state index in [-0.39, 0.29) is 11.9 Å². The summed E-state index contributed by atoms with van der Waals surface area (Å²) in [7, 11) is 0. The largest absolute Gasteiger partial charge is 0.328 e. The summed E-state index contributed by atoms with van der Waals surface area (Å²) in [5.74, 6) is -0.192. The van der Waals surface area contributed by atoms with Gasteiger partial charge in [-0.25, -0.2) is 4.39 Å². The molecule has 11 heavy (non-hydrogen) atoms. The first-order valence-corrected chi connectivity index (χ1v) is 3.68. The van der Waals surface area contributed by atoms with E-state index in [1.165, 1.54) is 12.1 Å². The molecule has 60 valence electrons. The molecule has 0 aromatic heterocycles. The number of hydrogen-bond acceptors (Lipinski definition) is 1. The van der Waals surface area contributed by atoms with Crippen LogP contribution in [0.5, 0.6) is 0 Å². The van der Waals surface area contributed by atoms with Crippen LogP contribution in [-0.4, -0.2) is 6.04 Å². The topological polar surface area (TPSA) is 26.0 Å². The highest BCUT2D eigenvalue weighted by Crippen LogP contribution is 2.04. The van der Waals surface area contributed by atoms with Gasteiger partial charge in [0.2, 0.25) is 0 Å². The van der Waals surface area contributed by atoms with E-state index < -0.39 is 0 Å². The molecular formula is C9H12FN. The van der Waals surface area contributed by atoms with E-state index in [9.17, 15) is 4.39 Å². The second-order valence-corrected chi connectivity index (χ2v) is 2.81. The molecule has 0 fully saturated rings. The Morgan fingerprint density at radius 2 is 2.27 bits per heavy atom. The SMILES string of the molecule is C[C@H](N)Cc1cccc(F)c1. The molecule has 0 radical (unpaired) electrons. The van der Waals surface area contributed by atoms with Gasteiger partial charge in [0.05, 0.1) is 0 Å². The highest BCUT2D eigenvalue weighted by Gasteiger charge is 1.97. The minimum Gasteiger partial charge on any atom is -0.328 e. The predicted octanol–water partition coefficient (Wildman–Crippen LogP) is 1.72. The highest BCUT2D eigenvalue weighted by molar-refractivity contribution is 5.17. The Balaban J connectivity index is 2.71. The van der Waals surface area contributed by atoms with Crippen LogP contribution in [0, 0.1) is 5.82 Å². The zero-order chi connectivity index (χ0) is 8.27. The molecule has 0 saturated carbocycles. The summed E-state index contributed by atoms with van der Waals surface area (Å²) in [6.45, 7) is 1.91. The van der Waals surface area contributed by atoms with Gasteiger partial charge in [-0.05, 0) is 31.0 Å².